The lowest BCUT2D eigenvalue weighted by atomic mass is 9.94. The molecule has 18 nitrogen and oxygen atoms in total. The maximum Gasteiger partial charge on any atom is 0.251 e. The van der Waals surface area contributed by atoms with Crippen LogP contribution in [0.3, 0.4) is 0 Å². The van der Waals surface area contributed by atoms with Crippen LogP contribution in [0, 0.1) is 46.3 Å². The predicted octanol–water partition coefficient (Wildman–Crippen LogP) is 11.4. The minimum atomic E-state index is -0.802. The number of morpholine rings is 1. The first-order valence-corrected chi connectivity index (χ1v) is 37.6. The van der Waals surface area contributed by atoms with Gasteiger partial charge in [-0.3, -0.25) is 28.8 Å². The Morgan fingerprint density at radius 2 is 0.887 bits per heavy atom. The third kappa shape index (κ3) is 24.2. The maximum atomic E-state index is 13.3. The summed E-state index contributed by atoms with van der Waals surface area (Å²) >= 11 is 0. The molecule has 0 aromatic heterocycles. The zero-order valence-electron chi connectivity index (χ0n) is 61.6. The normalized spacial score (nSPS) is 21.3. The first-order valence-electron chi connectivity index (χ1n) is 37.6. The van der Waals surface area contributed by atoms with Gasteiger partial charge in [0.15, 0.2) is 0 Å². The van der Waals surface area contributed by atoms with Gasteiger partial charge < -0.3 is 60.0 Å². The van der Waals surface area contributed by atoms with Crippen LogP contribution in [-0.2, 0) is 23.9 Å². The van der Waals surface area contributed by atoms with Crippen molar-refractivity contribution in [1.82, 2.24) is 45.8 Å². The largest absolute Gasteiger partial charge is 0.497 e. The van der Waals surface area contributed by atoms with Crippen molar-refractivity contribution in [2.45, 2.75) is 120 Å². The molecule has 12 rings (SSSR count). The molecule has 570 valence electrons. The number of methoxy groups -OCH3 is 1. The van der Waals surface area contributed by atoms with Gasteiger partial charge in [0.1, 0.15) is 53.0 Å². The quantitative estimate of drug-likeness (QED) is 0.0238. The summed E-state index contributed by atoms with van der Waals surface area (Å²) in [7, 11) is 5.75. The van der Waals surface area contributed by atoms with E-state index in [0.717, 1.165) is 103 Å². The lowest BCUT2D eigenvalue weighted by molar-refractivity contribution is -0.137. The topological polar surface area (TPSA) is 194 Å². The third-order valence-corrected chi connectivity index (χ3v) is 21.6. The van der Waals surface area contributed by atoms with Gasteiger partial charge in [0, 0.05) is 95.3 Å². The standard InChI is InChI=1S/C30H40FN3O3.C27H33F2N3O3.C26H31F2N3O3/c1-30(21-26(30)22-10-14-25(37-3)15-11-22)16-6-4-5-7-27(29(36)34-19-17-33(2)18-20-34)32-28(35)23-8-12-24(31)13-9-23;1-31-12-14-32(15-13-31)27(34)25(30-26(33)20-6-10-23(29)11-7-20)18-35-16-2-3-21-17-24(21)19-4-8-22(28)9-5-19;27-21-7-3-18(4-8-21)23-16-20(23)2-1-11-29-17-24(26(33)31-12-14-34-15-13-31)30-25(32)19-5-9-22(28)10-6-19/h8-15,26-27H,4-7,16-21H2,1-3H3,(H,32,35);4-11,21,24-25H,2-3,12-18H2,1H3,(H,30,33);3-10,20,23-24,29H,1-2,11-17H2,(H,30,32)/t26-,27-,30?;21?,24-,25-;20?,23-,24-/m000/s1. The van der Waals surface area contributed by atoms with Gasteiger partial charge in [-0.2, -0.15) is 0 Å². The molecule has 3 heterocycles. The van der Waals surface area contributed by atoms with Crippen LogP contribution in [0.25, 0.3) is 0 Å². The molecule has 6 aromatic rings. The summed E-state index contributed by atoms with van der Waals surface area (Å²) in [6.07, 6.45) is 12.0. The maximum absolute atomic E-state index is 13.3. The molecule has 0 bridgehead atoms. The summed E-state index contributed by atoms with van der Waals surface area (Å²) in [5.74, 6) is 0.500. The van der Waals surface area contributed by atoms with E-state index in [9.17, 15) is 50.7 Å². The number of rotatable bonds is 31. The summed E-state index contributed by atoms with van der Waals surface area (Å²) in [5, 5.41) is 11.8. The van der Waals surface area contributed by atoms with E-state index in [2.05, 4.69) is 57.2 Å². The van der Waals surface area contributed by atoms with Gasteiger partial charge in [-0.05, 0) is 239 Å². The number of benzene rings is 6. The number of carbonyl (C=O) groups is 6. The van der Waals surface area contributed by atoms with Gasteiger partial charge in [-0.15, -0.1) is 0 Å². The highest BCUT2D eigenvalue weighted by atomic mass is 19.1. The second-order valence-electron chi connectivity index (χ2n) is 29.4. The molecule has 3 saturated carbocycles. The summed E-state index contributed by atoms with van der Waals surface area (Å²) in [6, 6.07) is 35.8. The van der Waals surface area contributed by atoms with Gasteiger partial charge in [-0.1, -0.05) is 62.6 Å². The number of ether oxygens (including phenoxy) is 3. The SMILES string of the molecule is CN1CCN(C(=O)[C@H](COCCCC2C[C@H]2c2ccc(F)cc2)NC(=O)c2ccc(F)cc2)CC1.COc1ccc([C@@H]2CC2(C)CCCCC[C@H](NC(=O)c2ccc(F)cc2)C(=O)N2CCN(C)CC2)cc1.O=C(N[C@@H](CNCCCC1C[C@H]1c1ccc(F)cc1)C(=O)N1CCOCC1)c1ccc(F)cc1. The van der Waals surface area contributed by atoms with Crippen LogP contribution < -0.4 is 26.0 Å². The minimum Gasteiger partial charge on any atom is -0.497 e. The second-order valence-corrected chi connectivity index (χ2v) is 29.4. The Bertz CT molecular complexity index is 3790. The van der Waals surface area contributed by atoms with Crippen LogP contribution in [-0.4, -0.2) is 204 Å². The fourth-order valence-electron chi connectivity index (χ4n) is 14.5. The molecule has 4 N–H and O–H groups in total. The van der Waals surface area contributed by atoms with E-state index in [-0.39, 0.29) is 47.7 Å². The van der Waals surface area contributed by atoms with Crippen molar-refractivity contribution < 1.29 is 64.9 Å². The lowest BCUT2D eigenvalue weighted by Crippen LogP contribution is -2.55. The molecule has 106 heavy (non-hydrogen) atoms. The lowest BCUT2D eigenvalue weighted by Gasteiger charge is -2.34. The molecule has 0 spiro atoms. The van der Waals surface area contributed by atoms with Crippen molar-refractivity contribution >= 4 is 35.4 Å². The summed E-state index contributed by atoms with van der Waals surface area (Å²) in [6.45, 7) is 11.7. The molecule has 6 fully saturated rings. The fraction of sp³-hybridized carbons (Fsp3) is 0.494. The van der Waals surface area contributed by atoms with Gasteiger partial charge in [-0.25, -0.2) is 22.0 Å². The first kappa shape index (κ1) is 79.9. The molecule has 6 amide bonds. The van der Waals surface area contributed by atoms with E-state index in [1.54, 1.807) is 16.9 Å². The Balaban J connectivity index is 0.000000170. The molecule has 9 atom stereocenters. The van der Waals surface area contributed by atoms with Crippen molar-refractivity contribution in [2.24, 2.45) is 17.3 Å². The summed E-state index contributed by atoms with van der Waals surface area (Å²) in [5.41, 5.74) is 5.05. The number of carbonyl (C=O) groups excluding carboxylic acids is 6. The van der Waals surface area contributed by atoms with Crippen molar-refractivity contribution in [1.29, 1.82) is 0 Å². The van der Waals surface area contributed by atoms with E-state index >= 15 is 0 Å². The Kier molecular flexibility index (Phi) is 29.6. The number of hydrogen-bond donors (Lipinski definition) is 4. The van der Waals surface area contributed by atoms with Crippen LogP contribution in [0.15, 0.2) is 146 Å². The fourth-order valence-corrected chi connectivity index (χ4v) is 14.5. The highest BCUT2D eigenvalue weighted by Gasteiger charge is 2.50. The van der Waals surface area contributed by atoms with Crippen LogP contribution >= 0.6 is 0 Å². The summed E-state index contributed by atoms with van der Waals surface area (Å²) in [4.78, 5) is 87.4. The molecule has 23 heteroatoms. The molecule has 3 unspecified atom stereocenters. The number of nitrogens with zero attached hydrogens (tertiary/aromatic N) is 5. The van der Waals surface area contributed by atoms with Crippen LogP contribution in [0.5, 0.6) is 5.75 Å². The number of piperazine rings is 2. The van der Waals surface area contributed by atoms with E-state index in [4.69, 9.17) is 14.2 Å². The number of nitrogens with one attached hydrogen (secondary N) is 4. The second kappa shape index (κ2) is 39.3. The smallest absolute Gasteiger partial charge is 0.251 e. The predicted molar refractivity (Wildman–Crippen MR) is 397 cm³/mol. The number of amides is 6. The monoisotopic (exact) mass is 1470 g/mol. The number of likely N-dealkylation sites (N-methyl/N-ethyl adjacent to an activating group) is 2. The molecule has 6 aromatic carbocycles. The average Bonchev–Trinajstić information content (AvgIpc) is 1.61. The van der Waals surface area contributed by atoms with Crippen molar-refractivity contribution in [3.63, 3.8) is 0 Å². The molecule has 6 aliphatic rings. The molecule has 0 radical (unpaired) electrons. The van der Waals surface area contributed by atoms with Crippen LogP contribution in [0.2, 0.25) is 0 Å². The van der Waals surface area contributed by atoms with Gasteiger partial charge in [0.05, 0.1) is 26.9 Å². The van der Waals surface area contributed by atoms with Crippen LogP contribution in [0.1, 0.15) is 149 Å². The van der Waals surface area contributed by atoms with Crippen molar-refractivity contribution in [2.75, 3.05) is 126 Å². The zero-order valence-corrected chi connectivity index (χ0v) is 61.6. The molecule has 3 aliphatic carbocycles. The Hall–Kier alpha value is -8.61. The highest BCUT2D eigenvalue weighted by Crippen LogP contribution is 2.62. The molecular weight excluding hydrogens is 1360 g/mol. The van der Waals surface area contributed by atoms with Crippen molar-refractivity contribution in [3.8, 4) is 5.75 Å². The van der Waals surface area contributed by atoms with Crippen molar-refractivity contribution in [3.05, 3.63) is 208 Å². The zero-order chi connectivity index (χ0) is 75.1. The summed E-state index contributed by atoms with van der Waals surface area (Å²) < 4.78 is 82.4. The molecule has 3 aliphatic heterocycles. The van der Waals surface area contributed by atoms with Crippen LogP contribution in [0.4, 0.5) is 22.0 Å². The number of halogens is 5. The Labute approximate surface area is 620 Å². The van der Waals surface area contributed by atoms with Gasteiger partial charge >= 0.3 is 0 Å². The van der Waals surface area contributed by atoms with E-state index in [0.29, 0.717) is 124 Å². The first-order chi connectivity index (χ1) is 51.2. The molecule has 3 saturated heterocycles. The van der Waals surface area contributed by atoms with Gasteiger partial charge in [0.25, 0.3) is 17.7 Å². The van der Waals surface area contributed by atoms with E-state index < -0.39 is 41.6 Å². The average molecular weight is 1470 g/mol. The highest BCUT2D eigenvalue weighted by molar-refractivity contribution is 5.99. The van der Waals surface area contributed by atoms with E-state index in [1.807, 2.05) is 48.3 Å². The Morgan fingerprint density at radius 3 is 1.36 bits per heavy atom. The number of hydrogen-bond acceptors (Lipinski definition) is 12. The Morgan fingerprint density at radius 1 is 0.481 bits per heavy atom. The van der Waals surface area contributed by atoms with E-state index in [1.165, 1.54) is 120 Å². The van der Waals surface area contributed by atoms with Gasteiger partial charge in [0.2, 0.25) is 17.7 Å². The third-order valence-electron chi connectivity index (χ3n) is 21.6. The molecular formula is C83H104F5N9O9. The minimum absolute atomic E-state index is 0.0164. The number of unbranched alkanes of at least 4 members (excludes halogenated alkanes) is 2.